The quantitative estimate of drug-likeness (QED) is 0.769. The molecule has 2 amide bonds. The van der Waals surface area contributed by atoms with Crippen molar-refractivity contribution in [1.29, 1.82) is 0 Å². The van der Waals surface area contributed by atoms with Gasteiger partial charge in [-0.05, 0) is 37.7 Å². The molecule has 0 spiro atoms. The molecule has 8 heteroatoms. The highest BCUT2D eigenvalue weighted by atomic mass is 32.2. The van der Waals surface area contributed by atoms with Crippen molar-refractivity contribution >= 4 is 26.8 Å². The third-order valence-corrected chi connectivity index (χ3v) is 6.78. The van der Waals surface area contributed by atoms with Gasteiger partial charge in [-0.25, -0.2) is 4.79 Å². The van der Waals surface area contributed by atoms with Crippen molar-refractivity contribution < 1.29 is 13.2 Å². The molecule has 2 N–H and O–H groups in total. The van der Waals surface area contributed by atoms with Gasteiger partial charge in [-0.2, -0.15) is 8.42 Å². The van der Waals surface area contributed by atoms with Gasteiger partial charge in [-0.3, -0.25) is 0 Å². The van der Waals surface area contributed by atoms with E-state index in [9.17, 15) is 13.2 Å². The molecule has 0 aliphatic carbocycles. The summed E-state index contributed by atoms with van der Waals surface area (Å²) in [6.07, 6.45) is 2.46. The van der Waals surface area contributed by atoms with Gasteiger partial charge in [0.25, 0.3) is 10.0 Å². The summed E-state index contributed by atoms with van der Waals surface area (Å²) in [6.45, 7) is 8.05. The first-order valence-corrected chi connectivity index (χ1v) is 11.6. The van der Waals surface area contributed by atoms with Crippen molar-refractivity contribution in [3.63, 3.8) is 0 Å². The summed E-state index contributed by atoms with van der Waals surface area (Å²) in [6, 6.07) is 9.05. The Balaban J connectivity index is 1.60. The molecular weight excluding hydrogens is 388 g/mol. The van der Waals surface area contributed by atoms with E-state index in [0.717, 1.165) is 19.3 Å². The second-order valence-electron chi connectivity index (χ2n) is 8.05. The van der Waals surface area contributed by atoms with E-state index in [1.165, 1.54) is 0 Å². The zero-order valence-electron chi connectivity index (χ0n) is 17.3. The van der Waals surface area contributed by atoms with Crippen LogP contribution in [0.25, 0.3) is 4.91 Å². The number of nitrogens with one attached hydrogen (secondary N) is 2. The lowest BCUT2D eigenvalue weighted by Gasteiger charge is -2.33. The number of benzene rings is 1. The summed E-state index contributed by atoms with van der Waals surface area (Å²) in [7, 11) is -3.69. The number of rotatable bonds is 5. The Kier molecular flexibility index (Phi) is 6.62. The number of hydrogen-bond donors (Lipinski definition) is 2. The minimum atomic E-state index is -3.69. The Morgan fingerprint density at radius 2 is 1.86 bits per heavy atom. The Morgan fingerprint density at radius 1 is 1.21 bits per heavy atom. The highest BCUT2D eigenvalue weighted by molar-refractivity contribution is 8.00. The van der Waals surface area contributed by atoms with Crippen LogP contribution >= 0.6 is 0 Å². The molecule has 2 aliphatic heterocycles. The van der Waals surface area contributed by atoms with Gasteiger partial charge in [0, 0.05) is 31.2 Å². The van der Waals surface area contributed by atoms with Crippen molar-refractivity contribution in [2.45, 2.75) is 46.1 Å². The Hall–Kier alpha value is -2.35. The fourth-order valence-electron chi connectivity index (χ4n) is 3.72. The first-order valence-electron chi connectivity index (χ1n) is 10.2. The smallest absolute Gasteiger partial charge is 0.315 e. The number of nitrogens with zero attached hydrogens (tertiary/aromatic N) is 2. The molecule has 0 saturated carbocycles. The highest BCUT2D eigenvalue weighted by Crippen LogP contribution is 2.34. The summed E-state index contributed by atoms with van der Waals surface area (Å²) in [4.78, 5) is 14.3. The van der Waals surface area contributed by atoms with Gasteiger partial charge >= 0.3 is 6.03 Å². The molecule has 0 bridgehead atoms. The van der Waals surface area contributed by atoms with Gasteiger partial charge in [-0.1, -0.05) is 44.2 Å². The number of sulfonamides is 1. The van der Waals surface area contributed by atoms with E-state index in [-0.39, 0.29) is 17.0 Å². The van der Waals surface area contributed by atoms with Crippen LogP contribution in [-0.4, -0.2) is 50.9 Å². The van der Waals surface area contributed by atoms with Crippen molar-refractivity contribution in [2.75, 3.05) is 19.6 Å². The molecule has 1 aromatic carbocycles. The molecule has 1 fully saturated rings. The molecule has 158 valence electrons. The van der Waals surface area contributed by atoms with Crippen LogP contribution in [-0.2, 0) is 10.0 Å². The molecule has 7 nitrogen and oxygen atoms in total. The molecule has 1 aromatic rings. The van der Waals surface area contributed by atoms with Crippen LogP contribution in [0.4, 0.5) is 4.79 Å². The van der Waals surface area contributed by atoms with E-state index >= 15 is 0 Å². The third kappa shape index (κ3) is 5.18. The maximum Gasteiger partial charge on any atom is 0.315 e. The van der Waals surface area contributed by atoms with Crippen molar-refractivity contribution in [2.24, 2.45) is 10.3 Å². The zero-order valence-corrected chi connectivity index (χ0v) is 18.1. The minimum Gasteiger partial charge on any atom is -0.356 e. The van der Waals surface area contributed by atoms with Crippen LogP contribution in [0.15, 0.2) is 40.3 Å². The summed E-state index contributed by atoms with van der Waals surface area (Å²) in [5.74, 6) is 1.09. The van der Waals surface area contributed by atoms with E-state index in [1.54, 1.807) is 12.1 Å². The molecule has 0 aromatic heterocycles. The predicted molar refractivity (Wildman–Crippen MR) is 116 cm³/mol. The highest BCUT2D eigenvalue weighted by Gasteiger charge is 2.34. The lowest BCUT2D eigenvalue weighted by atomic mass is 10.0. The van der Waals surface area contributed by atoms with Gasteiger partial charge in [0.2, 0.25) is 0 Å². The topological polar surface area (TPSA) is 90.9 Å². The van der Waals surface area contributed by atoms with Crippen molar-refractivity contribution in [1.82, 2.24) is 15.5 Å². The van der Waals surface area contributed by atoms with E-state index < -0.39 is 10.0 Å². The van der Waals surface area contributed by atoms with E-state index in [1.807, 2.05) is 30.0 Å². The fraction of sp³-hybridized carbons (Fsp3) is 0.524. The number of piperidine rings is 1. The lowest BCUT2D eigenvalue weighted by Crippen LogP contribution is -2.49. The average Bonchev–Trinajstić information content (AvgIpc) is 2.91. The second kappa shape index (κ2) is 8.98. The number of carbonyl (C=O) groups excluding carboxylic acids is 1. The van der Waals surface area contributed by atoms with Gasteiger partial charge in [-0.15, -0.1) is 4.40 Å². The third-order valence-electron chi connectivity index (χ3n) is 5.31. The number of hydrogen-bond acceptors (Lipinski definition) is 4. The number of amidine groups is 1. The van der Waals surface area contributed by atoms with E-state index in [0.29, 0.717) is 42.5 Å². The molecular formula is C21H30N4O3S. The van der Waals surface area contributed by atoms with E-state index in [4.69, 9.17) is 0 Å². The Labute approximate surface area is 173 Å². The summed E-state index contributed by atoms with van der Waals surface area (Å²) in [5.41, 5.74) is 1.35. The molecule has 2 aliphatic rings. The number of urea groups is 1. The average molecular weight is 419 g/mol. The zero-order chi connectivity index (χ0) is 21.0. The maximum atomic E-state index is 12.6. The summed E-state index contributed by atoms with van der Waals surface area (Å²) >= 11 is 0. The SMILES string of the molecule is CC1=C(c2ccccc2)S(=O)(=O)N=C1N1CCC(NC(=O)NCCC(C)C)CC1. The number of amides is 2. The standard InChI is InChI=1S/C21H30N4O3S/c1-15(2)9-12-22-21(26)23-18-10-13-25(14-11-18)20-16(3)19(29(27,28)24-20)17-7-5-4-6-8-17/h4-8,15,18H,9-14H2,1-3H3,(H2,22,23,26). The van der Waals surface area contributed by atoms with Crippen LogP contribution in [0.3, 0.4) is 0 Å². The summed E-state index contributed by atoms with van der Waals surface area (Å²) < 4.78 is 29.4. The Bertz CT molecular complexity index is 899. The predicted octanol–water partition coefficient (Wildman–Crippen LogP) is 2.97. The van der Waals surface area contributed by atoms with Crippen LogP contribution in [0.1, 0.15) is 45.6 Å². The largest absolute Gasteiger partial charge is 0.356 e. The molecule has 0 radical (unpaired) electrons. The van der Waals surface area contributed by atoms with Crippen LogP contribution < -0.4 is 10.6 Å². The van der Waals surface area contributed by atoms with Crippen LogP contribution in [0.5, 0.6) is 0 Å². The molecule has 3 rings (SSSR count). The van der Waals surface area contributed by atoms with Crippen molar-refractivity contribution in [3.05, 3.63) is 41.5 Å². The second-order valence-corrected chi connectivity index (χ2v) is 9.60. The van der Waals surface area contributed by atoms with Gasteiger partial charge in [0.05, 0.1) is 0 Å². The number of likely N-dealkylation sites (tertiary alicyclic amines) is 1. The molecule has 0 unspecified atom stereocenters. The normalized spacial score (nSPS) is 19.4. The fourth-order valence-corrected chi connectivity index (χ4v) is 5.20. The molecule has 29 heavy (non-hydrogen) atoms. The molecule has 1 saturated heterocycles. The molecule has 0 atom stereocenters. The van der Waals surface area contributed by atoms with Gasteiger partial charge in [0.1, 0.15) is 10.7 Å². The van der Waals surface area contributed by atoms with Crippen LogP contribution in [0.2, 0.25) is 0 Å². The minimum absolute atomic E-state index is 0.0850. The lowest BCUT2D eigenvalue weighted by molar-refractivity contribution is 0.226. The van der Waals surface area contributed by atoms with Crippen LogP contribution in [0, 0.1) is 5.92 Å². The molecule has 2 heterocycles. The maximum absolute atomic E-state index is 12.6. The Morgan fingerprint density at radius 3 is 2.48 bits per heavy atom. The van der Waals surface area contributed by atoms with Crippen molar-refractivity contribution in [3.8, 4) is 0 Å². The first-order chi connectivity index (χ1) is 13.8. The van der Waals surface area contributed by atoms with Gasteiger partial charge in [0.15, 0.2) is 0 Å². The van der Waals surface area contributed by atoms with Gasteiger partial charge < -0.3 is 15.5 Å². The summed E-state index contributed by atoms with van der Waals surface area (Å²) in [5, 5.41) is 5.91. The number of carbonyl (C=O) groups is 1. The monoisotopic (exact) mass is 418 g/mol. The first kappa shape index (κ1) is 21.4. The van der Waals surface area contributed by atoms with E-state index in [2.05, 4.69) is 28.9 Å².